The lowest BCUT2D eigenvalue weighted by atomic mass is 10.2. The van der Waals surface area contributed by atoms with Gasteiger partial charge in [-0.3, -0.25) is 0 Å². The Kier molecular flexibility index (Phi) is 7.53. The van der Waals surface area contributed by atoms with Gasteiger partial charge in [-0.1, -0.05) is 6.92 Å². The summed E-state index contributed by atoms with van der Waals surface area (Å²) in [5.41, 5.74) is 1.09. The van der Waals surface area contributed by atoms with Crippen molar-refractivity contribution in [2.75, 3.05) is 27.7 Å². The fourth-order valence-electron chi connectivity index (χ4n) is 1.66. The molecule has 0 aliphatic heterocycles. The molecule has 0 saturated carbocycles. The molecule has 1 heterocycles. The topological polar surface area (TPSA) is 37.4 Å². The Labute approximate surface area is 121 Å². The van der Waals surface area contributed by atoms with Crippen molar-refractivity contribution in [3.63, 3.8) is 0 Å². The Bertz CT molecular complexity index is 366. The maximum Gasteiger partial charge on any atom is 0.0945 e. The molecule has 0 aliphatic carbocycles. The first-order valence-corrected chi connectivity index (χ1v) is 7.73. The normalized spacial score (nSPS) is 13.2. The summed E-state index contributed by atoms with van der Waals surface area (Å²) in [6, 6.07) is 0.544. The Morgan fingerprint density at radius 1 is 1.42 bits per heavy atom. The van der Waals surface area contributed by atoms with Crippen LogP contribution in [0.5, 0.6) is 0 Å². The van der Waals surface area contributed by atoms with Crippen LogP contribution >= 0.6 is 11.3 Å². The highest BCUT2D eigenvalue weighted by Crippen LogP contribution is 2.20. The summed E-state index contributed by atoms with van der Waals surface area (Å²) >= 11 is 1.81. The van der Waals surface area contributed by atoms with Crippen LogP contribution in [0.4, 0.5) is 0 Å². The molecular weight excluding hydrogens is 258 g/mol. The van der Waals surface area contributed by atoms with E-state index in [1.165, 1.54) is 9.88 Å². The molecule has 0 spiro atoms. The minimum atomic E-state index is 0.544. The van der Waals surface area contributed by atoms with Crippen molar-refractivity contribution < 1.29 is 4.74 Å². The second kappa shape index (κ2) is 8.64. The van der Waals surface area contributed by atoms with Crippen LogP contribution in [0.1, 0.15) is 35.8 Å². The molecule has 0 aromatic carbocycles. The van der Waals surface area contributed by atoms with Crippen LogP contribution in [0.25, 0.3) is 0 Å². The Hall–Kier alpha value is -0.490. The summed E-state index contributed by atoms with van der Waals surface area (Å²) < 4.78 is 5.25. The molecule has 19 heavy (non-hydrogen) atoms. The van der Waals surface area contributed by atoms with E-state index in [0.29, 0.717) is 12.6 Å². The van der Waals surface area contributed by atoms with Crippen molar-refractivity contribution >= 4 is 11.3 Å². The Balaban J connectivity index is 2.65. The molecule has 0 amide bonds. The number of nitrogens with zero attached hydrogens (tertiary/aromatic N) is 2. The fourth-order valence-corrected chi connectivity index (χ4v) is 2.67. The van der Waals surface area contributed by atoms with E-state index in [-0.39, 0.29) is 0 Å². The summed E-state index contributed by atoms with van der Waals surface area (Å²) in [5, 5.41) is 4.74. The molecular formula is C14H27N3OS. The number of rotatable bonds is 9. The van der Waals surface area contributed by atoms with Crippen molar-refractivity contribution in [2.24, 2.45) is 0 Å². The van der Waals surface area contributed by atoms with Crippen LogP contribution in [0.3, 0.4) is 0 Å². The number of hydrogen-bond donors (Lipinski definition) is 1. The van der Waals surface area contributed by atoms with E-state index >= 15 is 0 Å². The van der Waals surface area contributed by atoms with Crippen LogP contribution in [0, 0.1) is 0 Å². The zero-order valence-electron chi connectivity index (χ0n) is 12.8. The fraction of sp³-hybridized carbons (Fsp3) is 0.786. The number of aromatic nitrogens is 1. The lowest BCUT2D eigenvalue weighted by Gasteiger charge is -2.10. The minimum Gasteiger partial charge on any atom is -0.378 e. The van der Waals surface area contributed by atoms with Gasteiger partial charge in [-0.05, 0) is 27.4 Å². The smallest absolute Gasteiger partial charge is 0.0945 e. The maximum atomic E-state index is 5.25. The number of ether oxygens (including phenoxy) is 1. The average Bonchev–Trinajstić information content (AvgIpc) is 2.76. The summed E-state index contributed by atoms with van der Waals surface area (Å²) in [6.07, 6.45) is 2.16. The molecule has 1 aromatic heterocycles. The molecule has 1 aromatic rings. The number of likely N-dealkylation sites (N-methyl/N-ethyl adjacent to an activating group) is 1. The van der Waals surface area contributed by atoms with Crippen LogP contribution in [-0.4, -0.2) is 43.7 Å². The molecule has 0 radical (unpaired) electrons. The van der Waals surface area contributed by atoms with Gasteiger partial charge in [0.25, 0.3) is 0 Å². The molecule has 1 rings (SSSR count). The molecule has 0 aliphatic rings. The summed E-state index contributed by atoms with van der Waals surface area (Å²) in [4.78, 5) is 8.21. The molecule has 4 nitrogen and oxygen atoms in total. The van der Waals surface area contributed by atoms with Crippen molar-refractivity contribution in [3.8, 4) is 0 Å². The summed E-state index contributed by atoms with van der Waals surface area (Å²) in [7, 11) is 5.91. The van der Waals surface area contributed by atoms with Crippen molar-refractivity contribution in [3.05, 3.63) is 15.6 Å². The molecule has 110 valence electrons. The first-order valence-electron chi connectivity index (χ1n) is 6.91. The second-order valence-electron chi connectivity index (χ2n) is 5.15. The van der Waals surface area contributed by atoms with Gasteiger partial charge in [0.1, 0.15) is 0 Å². The molecule has 0 fully saturated rings. The molecule has 5 heteroatoms. The minimum absolute atomic E-state index is 0.544. The predicted octanol–water partition coefficient (Wildman–Crippen LogP) is 2.28. The van der Waals surface area contributed by atoms with Crippen molar-refractivity contribution in [2.45, 2.75) is 45.9 Å². The first kappa shape index (κ1) is 16.6. The lowest BCUT2D eigenvalue weighted by molar-refractivity contribution is 0.181. The molecule has 1 atom stereocenters. The zero-order chi connectivity index (χ0) is 14.3. The number of thiazole rings is 1. The second-order valence-corrected chi connectivity index (χ2v) is 6.32. The third-order valence-electron chi connectivity index (χ3n) is 3.10. The molecule has 0 saturated heterocycles. The SMILES string of the molecule is CCC(C)NCc1sc(CCN(C)C)nc1COC. The molecule has 0 bridgehead atoms. The first-order chi connectivity index (χ1) is 9.06. The van der Waals surface area contributed by atoms with E-state index < -0.39 is 0 Å². The highest BCUT2D eigenvalue weighted by Gasteiger charge is 2.12. The van der Waals surface area contributed by atoms with Gasteiger partial charge in [0, 0.05) is 37.5 Å². The van der Waals surface area contributed by atoms with Gasteiger partial charge in [-0.15, -0.1) is 11.3 Å². The van der Waals surface area contributed by atoms with E-state index in [2.05, 4.69) is 38.2 Å². The summed E-state index contributed by atoms with van der Waals surface area (Å²) in [6.45, 7) is 6.95. The third-order valence-corrected chi connectivity index (χ3v) is 4.26. The molecule has 1 unspecified atom stereocenters. The summed E-state index contributed by atoms with van der Waals surface area (Å²) in [5.74, 6) is 0. The Morgan fingerprint density at radius 3 is 2.74 bits per heavy atom. The highest BCUT2D eigenvalue weighted by atomic mass is 32.1. The zero-order valence-corrected chi connectivity index (χ0v) is 13.6. The number of methoxy groups -OCH3 is 1. The third kappa shape index (κ3) is 5.99. The quantitative estimate of drug-likeness (QED) is 0.755. The average molecular weight is 285 g/mol. The van der Waals surface area contributed by atoms with Gasteiger partial charge in [-0.2, -0.15) is 0 Å². The van der Waals surface area contributed by atoms with E-state index in [4.69, 9.17) is 9.72 Å². The van der Waals surface area contributed by atoms with Gasteiger partial charge in [0.2, 0.25) is 0 Å². The van der Waals surface area contributed by atoms with Gasteiger partial charge >= 0.3 is 0 Å². The van der Waals surface area contributed by atoms with Gasteiger partial charge < -0.3 is 15.0 Å². The van der Waals surface area contributed by atoms with E-state index in [1.54, 1.807) is 7.11 Å². The van der Waals surface area contributed by atoms with E-state index in [9.17, 15) is 0 Å². The van der Waals surface area contributed by atoms with E-state index in [0.717, 1.165) is 31.6 Å². The Morgan fingerprint density at radius 2 is 2.16 bits per heavy atom. The highest BCUT2D eigenvalue weighted by molar-refractivity contribution is 7.11. The van der Waals surface area contributed by atoms with Gasteiger partial charge in [0.05, 0.1) is 17.3 Å². The largest absolute Gasteiger partial charge is 0.378 e. The van der Waals surface area contributed by atoms with Crippen LogP contribution in [0.2, 0.25) is 0 Å². The number of nitrogens with one attached hydrogen (secondary N) is 1. The lowest BCUT2D eigenvalue weighted by Crippen LogP contribution is -2.24. The van der Waals surface area contributed by atoms with Crippen molar-refractivity contribution in [1.82, 2.24) is 15.2 Å². The van der Waals surface area contributed by atoms with E-state index in [1.807, 2.05) is 11.3 Å². The predicted molar refractivity (Wildman–Crippen MR) is 81.7 cm³/mol. The molecule has 1 N–H and O–H groups in total. The van der Waals surface area contributed by atoms with Gasteiger partial charge in [0.15, 0.2) is 0 Å². The van der Waals surface area contributed by atoms with Crippen LogP contribution in [-0.2, 0) is 24.3 Å². The van der Waals surface area contributed by atoms with Crippen LogP contribution < -0.4 is 5.32 Å². The monoisotopic (exact) mass is 285 g/mol. The van der Waals surface area contributed by atoms with Crippen molar-refractivity contribution in [1.29, 1.82) is 0 Å². The maximum absolute atomic E-state index is 5.25. The van der Waals surface area contributed by atoms with Crippen LogP contribution in [0.15, 0.2) is 0 Å². The standard InChI is InChI=1S/C14H27N3OS/c1-6-11(2)15-9-13-12(10-18-5)16-14(19-13)7-8-17(3)4/h11,15H,6-10H2,1-5H3. The number of hydrogen-bond acceptors (Lipinski definition) is 5. The van der Waals surface area contributed by atoms with Gasteiger partial charge in [-0.25, -0.2) is 4.98 Å².